The van der Waals surface area contributed by atoms with Crippen LogP contribution in [0.25, 0.3) is 0 Å². The minimum absolute atomic E-state index is 0.0146. The molecule has 0 aliphatic carbocycles. The molecule has 2 aromatic carbocycles. The lowest BCUT2D eigenvalue weighted by atomic mass is 9.95. The average Bonchev–Trinajstić information content (AvgIpc) is 3.10. The van der Waals surface area contributed by atoms with Gasteiger partial charge in [-0.2, -0.15) is 4.31 Å². The SMILES string of the molecule is Cc1cccc(CN2CCC(C(=O)Nc3ccc(S(=O)(=O)N4CCCCCC4)cc3)CC2)c1. The number of nitrogens with one attached hydrogen (secondary N) is 1. The summed E-state index contributed by atoms with van der Waals surface area (Å²) in [5.74, 6) is 0.00704. The lowest BCUT2D eigenvalue weighted by Crippen LogP contribution is -2.37. The molecular formula is C26H35N3O3S. The third-order valence-corrected chi connectivity index (χ3v) is 8.68. The predicted molar refractivity (Wildman–Crippen MR) is 131 cm³/mol. The molecule has 1 N–H and O–H groups in total. The number of likely N-dealkylation sites (tertiary alicyclic amines) is 1. The first-order valence-corrected chi connectivity index (χ1v) is 13.5. The Morgan fingerprint density at radius 3 is 2.24 bits per heavy atom. The summed E-state index contributed by atoms with van der Waals surface area (Å²) < 4.78 is 27.5. The van der Waals surface area contributed by atoms with E-state index in [0.717, 1.165) is 58.2 Å². The van der Waals surface area contributed by atoms with E-state index in [9.17, 15) is 13.2 Å². The van der Waals surface area contributed by atoms with Crippen molar-refractivity contribution in [1.29, 1.82) is 0 Å². The molecule has 0 radical (unpaired) electrons. The summed E-state index contributed by atoms with van der Waals surface area (Å²) in [7, 11) is -3.47. The second kappa shape index (κ2) is 10.8. The van der Waals surface area contributed by atoms with E-state index in [1.165, 1.54) is 11.1 Å². The van der Waals surface area contributed by atoms with Crippen LogP contribution in [0.4, 0.5) is 5.69 Å². The molecular weight excluding hydrogens is 434 g/mol. The first kappa shape index (κ1) is 23.9. The summed E-state index contributed by atoms with van der Waals surface area (Å²) in [6.45, 7) is 6.00. The van der Waals surface area contributed by atoms with Gasteiger partial charge in [0, 0.05) is 31.2 Å². The number of aryl methyl sites for hydroxylation is 1. The molecule has 178 valence electrons. The number of amides is 1. The maximum absolute atomic E-state index is 12.9. The summed E-state index contributed by atoms with van der Waals surface area (Å²) in [5, 5.41) is 2.99. The van der Waals surface area contributed by atoms with Crippen molar-refractivity contribution in [1.82, 2.24) is 9.21 Å². The Kier molecular flexibility index (Phi) is 7.83. The summed E-state index contributed by atoms with van der Waals surface area (Å²) in [5.41, 5.74) is 3.23. The predicted octanol–water partition coefficient (Wildman–Crippen LogP) is 4.41. The van der Waals surface area contributed by atoms with Crippen molar-refractivity contribution in [3.63, 3.8) is 0 Å². The summed E-state index contributed by atoms with van der Waals surface area (Å²) in [6, 6.07) is 15.2. The van der Waals surface area contributed by atoms with E-state index in [-0.39, 0.29) is 11.8 Å². The molecule has 2 aliphatic rings. The minimum Gasteiger partial charge on any atom is -0.326 e. The molecule has 0 bridgehead atoms. The Balaban J connectivity index is 1.29. The van der Waals surface area contributed by atoms with Crippen LogP contribution in [-0.2, 0) is 21.4 Å². The second-order valence-corrected chi connectivity index (χ2v) is 11.3. The molecule has 2 heterocycles. The number of piperidine rings is 1. The summed E-state index contributed by atoms with van der Waals surface area (Å²) >= 11 is 0. The Hall–Kier alpha value is -2.22. The average molecular weight is 470 g/mol. The van der Waals surface area contributed by atoms with E-state index in [1.807, 2.05) is 0 Å². The highest BCUT2D eigenvalue weighted by atomic mass is 32.2. The van der Waals surface area contributed by atoms with Crippen molar-refractivity contribution in [2.24, 2.45) is 5.92 Å². The monoisotopic (exact) mass is 469 g/mol. The van der Waals surface area contributed by atoms with Crippen LogP contribution in [0.5, 0.6) is 0 Å². The molecule has 2 saturated heterocycles. The molecule has 1 amide bonds. The summed E-state index contributed by atoms with van der Waals surface area (Å²) in [6.07, 6.45) is 5.66. The van der Waals surface area contributed by atoms with Gasteiger partial charge in [-0.3, -0.25) is 9.69 Å². The molecule has 2 fully saturated rings. The maximum Gasteiger partial charge on any atom is 0.243 e. The largest absolute Gasteiger partial charge is 0.326 e. The number of nitrogens with zero attached hydrogens (tertiary/aromatic N) is 2. The smallest absolute Gasteiger partial charge is 0.243 e. The minimum atomic E-state index is -3.47. The third kappa shape index (κ3) is 6.22. The van der Waals surface area contributed by atoms with Crippen LogP contribution in [0.3, 0.4) is 0 Å². The van der Waals surface area contributed by atoms with Crippen molar-refractivity contribution in [3.8, 4) is 0 Å². The highest BCUT2D eigenvalue weighted by Gasteiger charge is 2.27. The van der Waals surface area contributed by atoms with Crippen molar-refractivity contribution in [3.05, 3.63) is 59.7 Å². The Morgan fingerprint density at radius 2 is 1.61 bits per heavy atom. The Morgan fingerprint density at radius 1 is 0.939 bits per heavy atom. The van der Waals surface area contributed by atoms with Gasteiger partial charge in [0.25, 0.3) is 0 Å². The summed E-state index contributed by atoms with van der Waals surface area (Å²) in [4.78, 5) is 15.5. The van der Waals surface area contributed by atoms with E-state index in [0.29, 0.717) is 23.7 Å². The van der Waals surface area contributed by atoms with Gasteiger partial charge in [0.1, 0.15) is 0 Å². The number of anilines is 1. The number of hydrogen-bond donors (Lipinski definition) is 1. The van der Waals surface area contributed by atoms with Gasteiger partial charge >= 0.3 is 0 Å². The van der Waals surface area contributed by atoms with E-state index in [4.69, 9.17) is 0 Å². The van der Waals surface area contributed by atoms with Crippen LogP contribution in [0.15, 0.2) is 53.4 Å². The van der Waals surface area contributed by atoms with Crippen LogP contribution in [0, 0.1) is 12.8 Å². The van der Waals surface area contributed by atoms with Gasteiger partial charge in [0.15, 0.2) is 0 Å². The zero-order chi connectivity index (χ0) is 23.3. The van der Waals surface area contributed by atoms with Crippen molar-refractivity contribution >= 4 is 21.6 Å². The van der Waals surface area contributed by atoms with E-state index in [2.05, 4.69) is 41.4 Å². The van der Waals surface area contributed by atoms with Crippen LogP contribution >= 0.6 is 0 Å². The second-order valence-electron chi connectivity index (χ2n) is 9.37. The van der Waals surface area contributed by atoms with Gasteiger partial charge in [0.2, 0.25) is 15.9 Å². The zero-order valence-electron chi connectivity index (χ0n) is 19.5. The van der Waals surface area contributed by atoms with Crippen molar-refractivity contribution in [2.45, 2.75) is 56.9 Å². The first-order valence-electron chi connectivity index (χ1n) is 12.1. The van der Waals surface area contributed by atoms with Crippen LogP contribution in [0.1, 0.15) is 49.7 Å². The number of benzene rings is 2. The lowest BCUT2D eigenvalue weighted by Gasteiger charge is -2.31. The van der Waals surface area contributed by atoms with Gasteiger partial charge in [-0.1, -0.05) is 42.7 Å². The van der Waals surface area contributed by atoms with E-state index < -0.39 is 10.0 Å². The van der Waals surface area contributed by atoms with Crippen molar-refractivity contribution in [2.75, 3.05) is 31.5 Å². The number of sulfonamides is 1. The fourth-order valence-corrected chi connectivity index (χ4v) is 6.32. The zero-order valence-corrected chi connectivity index (χ0v) is 20.3. The quantitative estimate of drug-likeness (QED) is 0.680. The molecule has 4 rings (SSSR count). The maximum atomic E-state index is 12.9. The lowest BCUT2D eigenvalue weighted by molar-refractivity contribution is -0.121. The van der Waals surface area contributed by atoms with Gasteiger partial charge in [-0.25, -0.2) is 8.42 Å². The highest BCUT2D eigenvalue weighted by Crippen LogP contribution is 2.24. The van der Waals surface area contributed by atoms with E-state index in [1.54, 1.807) is 28.6 Å². The standard InChI is InChI=1S/C26H35N3O3S/c1-21-7-6-8-22(19-21)20-28-17-13-23(14-18-28)26(30)27-24-9-11-25(12-10-24)33(31,32)29-15-4-2-3-5-16-29/h6-12,19,23H,2-5,13-18,20H2,1H3,(H,27,30). The molecule has 33 heavy (non-hydrogen) atoms. The van der Waals surface area contributed by atoms with Crippen LogP contribution < -0.4 is 5.32 Å². The van der Waals surface area contributed by atoms with Gasteiger partial charge in [-0.05, 0) is 75.5 Å². The molecule has 0 saturated carbocycles. The normalized spacial score (nSPS) is 19.2. The molecule has 7 heteroatoms. The number of carbonyl (C=O) groups excluding carboxylic acids is 1. The van der Waals surface area contributed by atoms with Gasteiger partial charge in [-0.15, -0.1) is 0 Å². The fourth-order valence-electron chi connectivity index (χ4n) is 4.81. The molecule has 2 aromatic rings. The van der Waals surface area contributed by atoms with Crippen LogP contribution in [0.2, 0.25) is 0 Å². The number of rotatable bonds is 6. The van der Waals surface area contributed by atoms with Gasteiger partial charge < -0.3 is 5.32 Å². The molecule has 6 nitrogen and oxygen atoms in total. The van der Waals surface area contributed by atoms with Crippen molar-refractivity contribution < 1.29 is 13.2 Å². The number of hydrogen-bond acceptors (Lipinski definition) is 4. The molecule has 0 atom stereocenters. The highest BCUT2D eigenvalue weighted by molar-refractivity contribution is 7.89. The van der Waals surface area contributed by atoms with Crippen LogP contribution in [-0.4, -0.2) is 49.7 Å². The molecule has 0 aromatic heterocycles. The third-order valence-electron chi connectivity index (χ3n) is 6.77. The van der Waals surface area contributed by atoms with Gasteiger partial charge in [0.05, 0.1) is 4.90 Å². The molecule has 0 spiro atoms. The number of carbonyl (C=O) groups is 1. The fraction of sp³-hybridized carbons (Fsp3) is 0.500. The molecule has 0 unspecified atom stereocenters. The topological polar surface area (TPSA) is 69.7 Å². The Bertz CT molecular complexity index is 1040. The first-order chi connectivity index (χ1) is 15.9. The molecule has 2 aliphatic heterocycles. The van der Waals surface area contributed by atoms with E-state index >= 15 is 0 Å². The Labute approximate surface area is 198 Å².